The predicted molar refractivity (Wildman–Crippen MR) is 64.9 cm³/mol. The van der Waals surface area contributed by atoms with Gasteiger partial charge >= 0.3 is 0 Å². The van der Waals surface area contributed by atoms with Crippen LogP contribution in [0.15, 0.2) is 15.9 Å². The molecule has 2 nitrogen and oxygen atoms in total. The molecule has 0 amide bonds. The highest BCUT2D eigenvalue weighted by Gasteiger charge is 2.10. The lowest BCUT2D eigenvalue weighted by Gasteiger charge is -2.18. The number of hydrogen-bond acceptors (Lipinski definition) is 3. The Bertz CT molecular complexity index is 277. The first kappa shape index (κ1) is 12.2. The SMILES string of the molecule is COCC(C)NC(C)c1cc(Br)cs1. The van der Waals surface area contributed by atoms with E-state index in [0.717, 1.165) is 11.1 Å². The molecule has 0 aliphatic heterocycles. The molecule has 0 fully saturated rings. The molecule has 1 rings (SSSR count). The van der Waals surface area contributed by atoms with Crippen molar-refractivity contribution in [3.8, 4) is 0 Å². The van der Waals surface area contributed by atoms with E-state index in [0.29, 0.717) is 12.1 Å². The Kier molecular flexibility index (Phi) is 5.09. The number of halogens is 1. The van der Waals surface area contributed by atoms with Crippen LogP contribution in [0.3, 0.4) is 0 Å². The molecule has 0 bridgehead atoms. The van der Waals surface area contributed by atoms with Crippen molar-refractivity contribution in [1.82, 2.24) is 5.32 Å². The highest BCUT2D eigenvalue weighted by Crippen LogP contribution is 2.25. The number of methoxy groups -OCH3 is 1. The van der Waals surface area contributed by atoms with Gasteiger partial charge in [0, 0.05) is 33.9 Å². The normalized spacial score (nSPS) is 15.4. The van der Waals surface area contributed by atoms with Crippen LogP contribution in [0.5, 0.6) is 0 Å². The molecule has 0 saturated heterocycles. The van der Waals surface area contributed by atoms with E-state index in [2.05, 4.69) is 46.5 Å². The number of rotatable bonds is 5. The topological polar surface area (TPSA) is 21.3 Å². The first-order valence-electron chi connectivity index (χ1n) is 4.62. The van der Waals surface area contributed by atoms with Crippen LogP contribution in [0.2, 0.25) is 0 Å². The minimum absolute atomic E-state index is 0.385. The number of thiophene rings is 1. The fourth-order valence-electron chi connectivity index (χ4n) is 1.36. The summed E-state index contributed by atoms with van der Waals surface area (Å²) in [6.07, 6.45) is 0. The van der Waals surface area contributed by atoms with Crippen LogP contribution in [0, 0.1) is 0 Å². The molecule has 14 heavy (non-hydrogen) atoms. The lowest BCUT2D eigenvalue weighted by molar-refractivity contribution is 0.168. The van der Waals surface area contributed by atoms with Crippen molar-refractivity contribution in [2.24, 2.45) is 0 Å². The number of hydrogen-bond donors (Lipinski definition) is 1. The molecule has 0 aliphatic rings. The van der Waals surface area contributed by atoms with E-state index in [9.17, 15) is 0 Å². The van der Waals surface area contributed by atoms with Crippen molar-refractivity contribution in [3.05, 3.63) is 20.8 Å². The zero-order valence-corrected chi connectivity index (χ0v) is 11.1. The maximum Gasteiger partial charge on any atom is 0.0613 e. The van der Waals surface area contributed by atoms with Crippen LogP contribution in [-0.2, 0) is 4.74 Å². The number of nitrogens with one attached hydrogen (secondary N) is 1. The molecule has 1 aromatic heterocycles. The Labute approximate surface area is 97.8 Å². The zero-order chi connectivity index (χ0) is 10.6. The molecule has 1 heterocycles. The van der Waals surface area contributed by atoms with Crippen LogP contribution < -0.4 is 5.32 Å². The van der Waals surface area contributed by atoms with Crippen molar-refractivity contribution in [2.45, 2.75) is 25.9 Å². The van der Waals surface area contributed by atoms with Gasteiger partial charge in [-0.3, -0.25) is 0 Å². The van der Waals surface area contributed by atoms with Crippen LogP contribution in [0.1, 0.15) is 24.8 Å². The van der Waals surface area contributed by atoms with Crippen molar-refractivity contribution < 1.29 is 4.74 Å². The Morgan fingerprint density at radius 2 is 2.29 bits per heavy atom. The molecular weight excluding hydrogens is 262 g/mol. The lowest BCUT2D eigenvalue weighted by atomic mass is 10.2. The molecule has 0 radical (unpaired) electrons. The van der Waals surface area contributed by atoms with E-state index < -0.39 is 0 Å². The maximum atomic E-state index is 5.08. The average molecular weight is 278 g/mol. The van der Waals surface area contributed by atoms with Crippen LogP contribution in [-0.4, -0.2) is 19.8 Å². The molecular formula is C10H16BrNOS. The first-order chi connectivity index (χ1) is 6.63. The van der Waals surface area contributed by atoms with E-state index in [-0.39, 0.29) is 0 Å². The molecule has 0 aromatic carbocycles. The Balaban J connectivity index is 2.45. The van der Waals surface area contributed by atoms with Crippen molar-refractivity contribution in [2.75, 3.05) is 13.7 Å². The smallest absolute Gasteiger partial charge is 0.0613 e. The average Bonchev–Trinajstić information content (AvgIpc) is 2.52. The zero-order valence-electron chi connectivity index (χ0n) is 8.71. The van der Waals surface area contributed by atoms with Gasteiger partial charge in [-0.15, -0.1) is 11.3 Å². The molecule has 0 spiro atoms. The van der Waals surface area contributed by atoms with Gasteiger partial charge in [0.2, 0.25) is 0 Å². The van der Waals surface area contributed by atoms with E-state index >= 15 is 0 Å². The summed E-state index contributed by atoms with van der Waals surface area (Å²) in [7, 11) is 1.73. The Morgan fingerprint density at radius 1 is 1.57 bits per heavy atom. The summed E-state index contributed by atoms with van der Waals surface area (Å²) in [5.74, 6) is 0. The number of ether oxygens (including phenoxy) is 1. The standard InChI is InChI=1S/C10H16BrNOS/c1-7(5-13-3)12-8(2)10-4-9(11)6-14-10/h4,6-8,12H,5H2,1-3H3. The lowest BCUT2D eigenvalue weighted by Crippen LogP contribution is -2.32. The van der Waals surface area contributed by atoms with E-state index in [1.807, 2.05) is 0 Å². The fourth-order valence-corrected chi connectivity index (χ4v) is 2.82. The maximum absolute atomic E-state index is 5.08. The second-order valence-electron chi connectivity index (χ2n) is 3.41. The van der Waals surface area contributed by atoms with Crippen molar-refractivity contribution >= 4 is 27.3 Å². The van der Waals surface area contributed by atoms with E-state index in [1.54, 1.807) is 18.4 Å². The third-order valence-electron chi connectivity index (χ3n) is 1.97. The molecule has 1 N–H and O–H groups in total. The first-order valence-corrected chi connectivity index (χ1v) is 6.29. The molecule has 80 valence electrons. The van der Waals surface area contributed by atoms with Gasteiger partial charge in [-0.25, -0.2) is 0 Å². The van der Waals surface area contributed by atoms with Crippen molar-refractivity contribution in [1.29, 1.82) is 0 Å². The second kappa shape index (κ2) is 5.85. The second-order valence-corrected chi connectivity index (χ2v) is 5.27. The summed E-state index contributed by atoms with van der Waals surface area (Å²) < 4.78 is 6.24. The minimum atomic E-state index is 0.385. The molecule has 0 aliphatic carbocycles. The monoisotopic (exact) mass is 277 g/mol. The van der Waals surface area contributed by atoms with Crippen LogP contribution in [0.25, 0.3) is 0 Å². The van der Waals surface area contributed by atoms with Gasteiger partial charge in [-0.2, -0.15) is 0 Å². The van der Waals surface area contributed by atoms with Gasteiger partial charge in [0.25, 0.3) is 0 Å². The summed E-state index contributed by atoms with van der Waals surface area (Å²) in [5, 5.41) is 5.58. The molecule has 2 atom stereocenters. The van der Waals surface area contributed by atoms with Gasteiger partial charge < -0.3 is 10.1 Å². The third kappa shape index (κ3) is 3.69. The van der Waals surface area contributed by atoms with E-state index in [1.165, 1.54) is 4.88 Å². The highest BCUT2D eigenvalue weighted by atomic mass is 79.9. The quantitative estimate of drug-likeness (QED) is 0.893. The Morgan fingerprint density at radius 3 is 2.79 bits per heavy atom. The largest absolute Gasteiger partial charge is 0.383 e. The fraction of sp³-hybridized carbons (Fsp3) is 0.600. The van der Waals surface area contributed by atoms with Gasteiger partial charge in [0.1, 0.15) is 0 Å². The minimum Gasteiger partial charge on any atom is -0.383 e. The Hall–Kier alpha value is 0.1000. The van der Waals surface area contributed by atoms with Crippen molar-refractivity contribution in [3.63, 3.8) is 0 Å². The molecule has 0 saturated carbocycles. The van der Waals surface area contributed by atoms with Gasteiger partial charge in [0.15, 0.2) is 0 Å². The summed E-state index contributed by atoms with van der Waals surface area (Å²) in [6, 6.07) is 2.93. The van der Waals surface area contributed by atoms with Crippen LogP contribution >= 0.6 is 27.3 Å². The van der Waals surface area contributed by atoms with Gasteiger partial charge in [0.05, 0.1) is 6.61 Å². The highest BCUT2D eigenvalue weighted by molar-refractivity contribution is 9.10. The summed E-state index contributed by atoms with van der Waals surface area (Å²) in [6.45, 7) is 5.05. The summed E-state index contributed by atoms with van der Waals surface area (Å²) in [4.78, 5) is 1.35. The van der Waals surface area contributed by atoms with Gasteiger partial charge in [-0.1, -0.05) is 0 Å². The molecule has 4 heteroatoms. The molecule has 2 unspecified atom stereocenters. The van der Waals surface area contributed by atoms with Gasteiger partial charge in [-0.05, 0) is 35.8 Å². The molecule has 1 aromatic rings. The van der Waals surface area contributed by atoms with Crippen LogP contribution in [0.4, 0.5) is 0 Å². The van der Waals surface area contributed by atoms with E-state index in [4.69, 9.17) is 4.74 Å². The summed E-state index contributed by atoms with van der Waals surface area (Å²) in [5.41, 5.74) is 0. The summed E-state index contributed by atoms with van der Waals surface area (Å²) >= 11 is 5.22. The predicted octanol–water partition coefficient (Wildman–Crippen LogP) is 3.20. The third-order valence-corrected chi connectivity index (χ3v) is 3.84.